The van der Waals surface area contributed by atoms with Gasteiger partial charge in [0.05, 0.1) is 20.6 Å². The number of hydrogen-bond acceptors (Lipinski definition) is 5. The number of carbonyl (C=O) groups is 2. The minimum Gasteiger partial charge on any atom is -0.481 e. The standard InChI is InChI=1S/C18H19FN2O4/c1-24-17-13(4-3-9-20-17)11-15(18(23)25-2)21-16(22)10-12-5-7-14(19)8-6-12/h3-9,15H,10-11H2,1-2H3,(H,21,22)/t15-/m0/s1. The van der Waals surface area contributed by atoms with Crippen LogP contribution in [0.4, 0.5) is 4.39 Å². The van der Waals surface area contributed by atoms with Gasteiger partial charge in [0.1, 0.15) is 11.9 Å². The molecule has 6 nitrogen and oxygen atoms in total. The SMILES string of the molecule is COC(=O)[C@H](Cc1cccnc1OC)NC(=O)Cc1ccc(F)cc1. The van der Waals surface area contributed by atoms with Gasteiger partial charge in [0, 0.05) is 18.2 Å². The van der Waals surface area contributed by atoms with Gasteiger partial charge in [-0.3, -0.25) is 4.79 Å². The van der Waals surface area contributed by atoms with E-state index in [2.05, 4.69) is 10.3 Å². The first-order chi connectivity index (χ1) is 12.0. The molecule has 1 aromatic carbocycles. The van der Waals surface area contributed by atoms with Crippen molar-refractivity contribution in [1.82, 2.24) is 10.3 Å². The Morgan fingerprint density at radius 1 is 1.20 bits per heavy atom. The summed E-state index contributed by atoms with van der Waals surface area (Å²) in [5.41, 5.74) is 1.31. The molecule has 0 saturated carbocycles. The van der Waals surface area contributed by atoms with E-state index in [4.69, 9.17) is 9.47 Å². The van der Waals surface area contributed by atoms with Gasteiger partial charge in [-0.15, -0.1) is 0 Å². The molecule has 1 atom stereocenters. The third-order valence-electron chi connectivity index (χ3n) is 3.57. The molecule has 0 unspecified atom stereocenters. The van der Waals surface area contributed by atoms with Crippen LogP contribution in [0.15, 0.2) is 42.6 Å². The number of nitrogens with one attached hydrogen (secondary N) is 1. The summed E-state index contributed by atoms with van der Waals surface area (Å²) in [5, 5.41) is 2.64. The summed E-state index contributed by atoms with van der Waals surface area (Å²) in [5.74, 6) is -0.937. The van der Waals surface area contributed by atoms with Gasteiger partial charge >= 0.3 is 5.97 Å². The fourth-order valence-electron chi connectivity index (χ4n) is 2.35. The predicted molar refractivity (Wildman–Crippen MR) is 88.5 cm³/mol. The first kappa shape index (κ1) is 18.4. The summed E-state index contributed by atoms with van der Waals surface area (Å²) in [6.45, 7) is 0. The number of esters is 1. The van der Waals surface area contributed by atoms with Gasteiger partial charge in [-0.2, -0.15) is 0 Å². The number of hydrogen-bond donors (Lipinski definition) is 1. The summed E-state index contributed by atoms with van der Waals surface area (Å²) < 4.78 is 22.8. The third kappa shape index (κ3) is 5.27. The molecule has 0 aliphatic heterocycles. The molecule has 132 valence electrons. The van der Waals surface area contributed by atoms with E-state index in [-0.39, 0.29) is 24.6 Å². The van der Waals surface area contributed by atoms with Crippen LogP contribution in [-0.2, 0) is 27.2 Å². The number of amides is 1. The predicted octanol–water partition coefficient (Wildman–Crippen LogP) is 1.67. The molecule has 2 rings (SSSR count). The minimum absolute atomic E-state index is 0.0257. The van der Waals surface area contributed by atoms with E-state index in [1.807, 2.05) is 0 Å². The van der Waals surface area contributed by atoms with E-state index in [1.54, 1.807) is 18.3 Å². The summed E-state index contributed by atoms with van der Waals surface area (Å²) >= 11 is 0. The Kier molecular flexibility index (Phi) is 6.45. The molecule has 0 fully saturated rings. The third-order valence-corrected chi connectivity index (χ3v) is 3.57. The lowest BCUT2D eigenvalue weighted by Gasteiger charge is -2.17. The van der Waals surface area contributed by atoms with Crippen molar-refractivity contribution in [2.45, 2.75) is 18.9 Å². The molecular formula is C18H19FN2O4. The number of nitrogens with zero attached hydrogens (tertiary/aromatic N) is 1. The van der Waals surface area contributed by atoms with Crippen molar-refractivity contribution in [3.8, 4) is 5.88 Å². The van der Waals surface area contributed by atoms with Gasteiger partial charge in [-0.05, 0) is 23.8 Å². The molecule has 1 N–H and O–H groups in total. The van der Waals surface area contributed by atoms with Crippen molar-refractivity contribution in [2.75, 3.05) is 14.2 Å². The molecule has 7 heteroatoms. The molecule has 1 heterocycles. The van der Waals surface area contributed by atoms with Gasteiger partial charge in [-0.1, -0.05) is 18.2 Å². The molecule has 1 aromatic heterocycles. The van der Waals surface area contributed by atoms with Crippen LogP contribution < -0.4 is 10.1 Å². The zero-order valence-electron chi connectivity index (χ0n) is 14.0. The largest absolute Gasteiger partial charge is 0.481 e. The zero-order chi connectivity index (χ0) is 18.2. The van der Waals surface area contributed by atoms with E-state index in [9.17, 15) is 14.0 Å². The molecule has 0 saturated heterocycles. The molecule has 0 aliphatic carbocycles. The van der Waals surface area contributed by atoms with Crippen LogP contribution in [0.5, 0.6) is 5.88 Å². The number of carbonyl (C=O) groups excluding carboxylic acids is 2. The van der Waals surface area contributed by atoms with E-state index in [1.165, 1.54) is 38.5 Å². The first-order valence-electron chi connectivity index (χ1n) is 7.63. The summed E-state index contributed by atoms with van der Waals surface area (Å²) in [6, 6.07) is 8.19. The number of benzene rings is 1. The number of aromatic nitrogens is 1. The van der Waals surface area contributed by atoms with Crippen LogP contribution in [0.25, 0.3) is 0 Å². The Morgan fingerprint density at radius 2 is 1.92 bits per heavy atom. The van der Waals surface area contributed by atoms with Crippen LogP contribution in [0.3, 0.4) is 0 Å². The lowest BCUT2D eigenvalue weighted by Crippen LogP contribution is -2.43. The molecular weight excluding hydrogens is 327 g/mol. The van der Waals surface area contributed by atoms with E-state index < -0.39 is 12.0 Å². The Bertz CT molecular complexity index is 734. The maximum absolute atomic E-state index is 12.9. The fraction of sp³-hybridized carbons (Fsp3) is 0.278. The van der Waals surface area contributed by atoms with Crippen molar-refractivity contribution < 1.29 is 23.5 Å². The van der Waals surface area contributed by atoms with Gasteiger partial charge in [0.2, 0.25) is 11.8 Å². The van der Waals surface area contributed by atoms with Gasteiger partial charge in [0.25, 0.3) is 0 Å². The summed E-state index contributed by atoms with van der Waals surface area (Å²) in [4.78, 5) is 28.3. The number of halogens is 1. The maximum atomic E-state index is 12.9. The Morgan fingerprint density at radius 3 is 2.56 bits per heavy atom. The minimum atomic E-state index is -0.879. The van der Waals surface area contributed by atoms with Crippen molar-refractivity contribution in [1.29, 1.82) is 0 Å². The highest BCUT2D eigenvalue weighted by Gasteiger charge is 2.23. The smallest absolute Gasteiger partial charge is 0.328 e. The first-order valence-corrected chi connectivity index (χ1v) is 7.63. The quantitative estimate of drug-likeness (QED) is 0.772. The lowest BCUT2D eigenvalue weighted by atomic mass is 10.1. The molecule has 2 aromatic rings. The monoisotopic (exact) mass is 346 g/mol. The Balaban J connectivity index is 2.08. The summed E-state index contributed by atoms with van der Waals surface area (Å²) in [6.07, 6.45) is 1.78. The number of ether oxygens (including phenoxy) is 2. The van der Waals surface area contributed by atoms with Gasteiger partial charge in [0.15, 0.2) is 0 Å². The van der Waals surface area contributed by atoms with E-state index in [0.717, 1.165) is 0 Å². The van der Waals surface area contributed by atoms with E-state index >= 15 is 0 Å². The molecule has 0 aliphatic rings. The van der Waals surface area contributed by atoms with Crippen LogP contribution in [-0.4, -0.2) is 37.1 Å². The van der Waals surface area contributed by atoms with Crippen molar-refractivity contribution in [2.24, 2.45) is 0 Å². The normalized spacial score (nSPS) is 11.5. The molecule has 0 bridgehead atoms. The topological polar surface area (TPSA) is 77.5 Å². The van der Waals surface area contributed by atoms with Crippen molar-refractivity contribution in [3.05, 3.63) is 59.5 Å². The second-order valence-electron chi connectivity index (χ2n) is 5.32. The highest BCUT2D eigenvalue weighted by atomic mass is 19.1. The van der Waals surface area contributed by atoms with Crippen LogP contribution in [0.1, 0.15) is 11.1 Å². The molecule has 1 amide bonds. The Hall–Kier alpha value is -2.96. The summed E-state index contributed by atoms with van der Waals surface area (Å²) in [7, 11) is 2.73. The van der Waals surface area contributed by atoms with Crippen molar-refractivity contribution in [3.63, 3.8) is 0 Å². The van der Waals surface area contributed by atoms with Crippen LogP contribution in [0, 0.1) is 5.82 Å². The number of methoxy groups -OCH3 is 2. The molecule has 0 spiro atoms. The van der Waals surface area contributed by atoms with Crippen LogP contribution >= 0.6 is 0 Å². The second kappa shape index (κ2) is 8.77. The molecule has 0 radical (unpaired) electrons. The fourth-order valence-corrected chi connectivity index (χ4v) is 2.35. The number of pyridine rings is 1. The van der Waals surface area contributed by atoms with Crippen molar-refractivity contribution >= 4 is 11.9 Å². The zero-order valence-corrected chi connectivity index (χ0v) is 14.0. The highest BCUT2D eigenvalue weighted by Crippen LogP contribution is 2.16. The highest BCUT2D eigenvalue weighted by molar-refractivity contribution is 5.85. The maximum Gasteiger partial charge on any atom is 0.328 e. The average Bonchev–Trinajstić information content (AvgIpc) is 2.62. The van der Waals surface area contributed by atoms with Gasteiger partial charge in [-0.25, -0.2) is 14.2 Å². The lowest BCUT2D eigenvalue weighted by molar-refractivity contribution is -0.145. The van der Waals surface area contributed by atoms with Crippen LogP contribution in [0.2, 0.25) is 0 Å². The second-order valence-corrected chi connectivity index (χ2v) is 5.32. The van der Waals surface area contributed by atoms with Gasteiger partial charge < -0.3 is 14.8 Å². The average molecular weight is 346 g/mol. The van der Waals surface area contributed by atoms with E-state index in [0.29, 0.717) is 17.0 Å². The number of rotatable bonds is 7. The molecule has 25 heavy (non-hydrogen) atoms. The Labute approximate surface area is 145 Å².